The largest absolute Gasteiger partial charge is 0.442 e. The van der Waals surface area contributed by atoms with E-state index < -0.39 is 11.6 Å². The van der Waals surface area contributed by atoms with Gasteiger partial charge in [0, 0.05) is 56.3 Å². The molecular formula is C29H32N2O2. The van der Waals surface area contributed by atoms with Gasteiger partial charge in [-0.1, -0.05) is 67.3 Å². The molecule has 0 heterocycles. The Hall–Kier alpha value is -3.79. The van der Waals surface area contributed by atoms with Gasteiger partial charge in [-0.05, 0) is 42.8 Å². The highest BCUT2D eigenvalue weighted by Gasteiger charge is 2.36. The van der Waals surface area contributed by atoms with Gasteiger partial charge in [0.05, 0.1) is 0 Å². The molecule has 3 aromatic rings. The second-order valence-electron chi connectivity index (χ2n) is 8.53. The van der Waals surface area contributed by atoms with Gasteiger partial charge >= 0.3 is 5.97 Å². The maximum atomic E-state index is 12.9. The van der Waals surface area contributed by atoms with E-state index in [0.29, 0.717) is 5.57 Å². The molecule has 0 amide bonds. The molecule has 0 aliphatic rings. The third-order valence-corrected chi connectivity index (χ3v) is 5.54. The van der Waals surface area contributed by atoms with Crippen molar-refractivity contribution in [3.8, 4) is 0 Å². The molecule has 0 saturated heterocycles. The molecule has 0 aliphatic heterocycles. The molecular weight excluding hydrogens is 408 g/mol. The second-order valence-corrected chi connectivity index (χ2v) is 8.53. The number of anilines is 2. The van der Waals surface area contributed by atoms with Crippen molar-refractivity contribution in [1.82, 2.24) is 0 Å². The van der Waals surface area contributed by atoms with Gasteiger partial charge < -0.3 is 14.5 Å². The van der Waals surface area contributed by atoms with Crippen LogP contribution < -0.4 is 9.80 Å². The molecule has 4 heteroatoms. The Balaban J connectivity index is 2.23. The van der Waals surface area contributed by atoms with Crippen LogP contribution in [0.25, 0.3) is 6.08 Å². The first-order valence-electron chi connectivity index (χ1n) is 10.9. The van der Waals surface area contributed by atoms with Crippen molar-refractivity contribution in [2.24, 2.45) is 0 Å². The normalized spacial score (nSPS) is 11.3. The van der Waals surface area contributed by atoms with Crippen molar-refractivity contribution in [1.29, 1.82) is 0 Å². The highest BCUT2D eigenvalue weighted by Crippen LogP contribution is 2.38. The number of carbonyl (C=O) groups is 1. The predicted molar refractivity (Wildman–Crippen MR) is 139 cm³/mol. The molecule has 0 bridgehead atoms. The fourth-order valence-corrected chi connectivity index (χ4v) is 3.54. The van der Waals surface area contributed by atoms with E-state index in [1.807, 2.05) is 129 Å². The van der Waals surface area contributed by atoms with E-state index in [1.165, 1.54) is 0 Å². The maximum Gasteiger partial charge on any atom is 0.334 e. The number of carbonyl (C=O) groups excluding carboxylic acids is 1. The Kier molecular flexibility index (Phi) is 7.39. The van der Waals surface area contributed by atoms with Gasteiger partial charge in [-0.15, -0.1) is 0 Å². The van der Waals surface area contributed by atoms with E-state index >= 15 is 0 Å². The first-order chi connectivity index (χ1) is 15.7. The molecule has 0 spiro atoms. The summed E-state index contributed by atoms with van der Waals surface area (Å²) < 4.78 is 6.24. The zero-order chi connectivity index (χ0) is 24.0. The molecule has 0 radical (unpaired) electrons. The average molecular weight is 441 g/mol. The van der Waals surface area contributed by atoms with E-state index in [0.717, 1.165) is 28.1 Å². The van der Waals surface area contributed by atoms with Crippen molar-refractivity contribution in [2.75, 3.05) is 38.0 Å². The Morgan fingerprint density at radius 1 is 0.788 bits per heavy atom. The van der Waals surface area contributed by atoms with Crippen molar-refractivity contribution < 1.29 is 9.53 Å². The van der Waals surface area contributed by atoms with Crippen LogP contribution in [-0.2, 0) is 15.1 Å². The average Bonchev–Trinajstić information content (AvgIpc) is 2.82. The lowest BCUT2D eigenvalue weighted by molar-refractivity contribution is -0.147. The fourth-order valence-electron chi connectivity index (χ4n) is 3.54. The van der Waals surface area contributed by atoms with Crippen molar-refractivity contribution in [2.45, 2.75) is 12.5 Å². The molecule has 0 fully saturated rings. The summed E-state index contributed by atoms with van der Waals surface area (Å²) in [5, 5.41) is 0. The van der Waals surface area contributed by atoms with Crippen LogP contribution >= 0.6 is 0 Å². The van der Waals surface area contributed by atoms with E-state index in [-0.39, 0.29) is 0 Å². The summed E-state index contributed by atoms with van der Waals surface area (Å²) in [6.45, 7) is 5.47. The molecule has 4 nitrogen and oxygen atoms in total. The van der Waals surface area contributed by atoms with Gasteiger partial charge in [0.25, 0.3) is 0 Å². The van der Waals surface area contributed by atoms with Gasteiger partial charge in [0.2, 0.25) is 0 Å². The van der Waals surface area contributed by atoms with Crippen LogP contribution in [0.2, 0.25) is 0 Å². The first kappa shape index (κ1) is 23.9. The lowest BCUT2D eigenvalue weighted by Gasteiger charge is -2.33. The van der Waals surface area contributed by atoms with Crippen molar-refractivity contribution in [3.05, 3.63) is 114 Å². The minimum Gasteiger partial charge on any atom is -0.442 e. The van der Waals surface area contributed by atoms with E-state index in [1.54, 1.807) is 6.92 Å². The van der Waals surface area contributed by atoms with Gasteiger partial charge in [-0.2, -0.15) is 0 Å². The SMILES string of the molecule is C=C(C)C(=O)OC(C=Cc1ccccc1)(c1ccc(N(C)C)cc1)c1ccc(N(C)C)cc1. The zero-order valence-corrected chi connectivity index (χ0v) is 20.1. The Morgan fingerprint density at radius 2 is 1.24 bits per heavy atom. The quantitative estimate of drug-likeness (QED) is 0.323. The van der Waals surface area contributed by atoms with Gasteiger partial charge in [-0.25, -0.2) is 4.79 Å². The number of esters is 1. The van der Waals surface area contributed by atoms with Crippen LogP contribution in [-0.4, -0.2) is 34.2 Å². The lowest BCUT2D eigenvalue weighted by Crippen LogP contribution is -2.32. The minimum atomic E-state index is -1.12. The van der Waals surface area contributed by atoms with Crippen LogP contribution in [0.1, 0.15) is 23.6 Å². The maximum absolute atomic E-state index is 12.9. The number of nitrogens with zero attached hydrogens (tertiary/aromatic N) is 2. The summed E-state index contributed by atoms with van der Waals surface area (Å²) >= 11 is 0. The minimum absolute atomic E-state index is 0.349. The monoisotopic (exact) mass is 440 g/mol. The zero-order valence-electron chi connectivity index (χ0n) is 20.1. The molecule has 0 N–H and O–H groups in total. The summed E-state index contributed by atoms with van der Waals surface area (Å²) in [4.78, 5) is 17.0. The Bertz CT molecular complexity index is 1060. The predicted octanol–water partition coefficient (Wildman–Crippen LogP) is 5.89. The highest BCUT2D eigenvalue weighted by atomic mass is 16.6. The molecule has 33 heavy (non-hydrogen) atoms. The van der Waals surface area contributed by atoms with Gasteiger partial charge in [0.15, 0.2) is 5.60 Å². The van der Waals surface area contributed by atoms with E-state index in [2.05, 4.69) is 6.58 Å². The molecule has 0 saturated carbocycles. The number of rotatable bonds is 8. The van der Waals surface area contributed by atoms with Crippen LogP contribution in [0.5, 0.6) is 0 Å². The summed E-state index contributed by atoms with van der Waals surface area (Å²) in [7, 11) is 7.99. The summed E-state index contributed by atoms with van der Waals surface area (Å²) in [5.41, 5.74) is 4.08. The van der Waals surface area contributed by atoms with Crippen molar-refractivity contribution in [3.63, 3.8) is 0 Å². The topological polar surface area (TPSA) is 32.8 Å². The smallest absolute Gasteiger partial charge is 0.334 e. The number of hydrogen-bond acceptors (Lipinski definition) is 4. The lowest BCUT2D eigenvalue weighted by atomic mass is 9.84. The Morgan fingerprint density at radius 3 is 1.64 bits per heavy atom. The molecule has 3 rings (SSSR count). The molecule has 0 unspecified atom stereocenters. The molecule has 0 aromatic heterocycles. The number of benzene rings is 3. The van der Waals surface area contributed by atoms with E-state index in [9.17, 15) is 4.79 Å². The standard InChI is InChI=1S/C29H32N2O2/c1-22(2)28(32)33-29(21-20-23-10-8-7-9-11-23,24-12-16-26(17-13-24)30(3)4)25-14-18-27(19-15-25)31(5)6/h7-21H,1H2,2-6H3. The summed E-state index contributed by atoms with van der Waals surface area (Å²) in [6, 6.07) is 26.2. The second kappa shape index (κ2) is 10.2. The molecule has 170 valence electrons. The first-order valence-corrected chi connectivity index (χ1v) is 10.9. The highest BCUT2D eigenvalue weighted by molar-refractivity contribution is 5.88. The molecule has 0 atom stereocenters. The molecule has 3 aromatic carbocycles. The summed E-state index contributed by atoms with van der Waals surface area (Å²) in [5.74, 6) is -0.443. The third kappa shape index (κ3) is 5.53. The Labute approximate surface area is 197 Å². The van der Waals surface area contributed by atoms with E-state index in [4.69, 9.17) is 4.74 Å². The molecule has 0 aliphatic carbocycles. The van der Waals surface area contributed by atoms with Crippen LogP contribution in [0.15, 0.2) is 97.1 Å². The fraction of sp³-hybridized carbons (Fsp3) is 0.207. The third-order valence-electron chi connectivity index (χ3n) is 5.54. The van der Waals surface area contributed by atoms with Gasteiger partial charge in [-0.3, -0.25) is 0 Å². The number of hydrogen-bond donors (Lipinski definition) is 0. The number of ether oxygens (including phenoxy) is 1. The van der Waals surface area contributed by atoms with Crippen LogP contribution in [0, 0.1) is 0 Å². The van der Waals surface area contributed by atoms with Crippen LogP contribution in [0.3, 0.4) is 0 Å². The summed E-state index contributed by atoms with van der Waals surface area (Å²) in [6.07, 6.45) is 3.95. The van der Waals surface area contributed by atoms with Gasteiger partial charge in [0.1, 0.15) is 0 Å². The van der Waals surface area contributed by atoms with Crippen molar-refractivity contribution >= 4 is 23.4 Å². The van der Waals surface area contributed by atoms with Crippen LogP contribution in [0.4, 0.5) is 11.4 Å².